The van der Waals surface area contributed by atoms with Gasteiger partial charge in [0.2, 0.25) is 10.0 Å². The molecule has 0 radical (unpaired) electrons. The van der Waals surface area contributed by atoms with Crippen molar-refractivity contribution < 1.29 is 12.8 Å². The molecule has 1 unspecified atom stereocenters. The van der Waals surface area contributed by atoms with Crippen LogP contribution >= 0.6 is 0 Å². The van der Waals surface area contributed by atoms with Gasteiger partial charge in [-0.25, -0.2) is 13.1 Å². The van der Waals surface area contributed by atoms with Crippen LogP contribution in [0.1, 0.15) is 30.9 Å². The molecule has 0 bridgehead atoms. The van der Waals surface area contributed by atoms with Gasteiger partial charge in [-0.05, 0) is 41.4 Å². The minimum atomic E-state index is -3.59. The third kappa shape index (κ3) is 4.81. The SMILES string of the molecule is CCNCc1c(C)oc(C)c1S(=O)(=O)NC(C)CN(C)C. The topological polar surface area (TPSA) is 74.6 Å². The van der Waals surface area contributed by atoms with E-state index in [9.17, 15) is 8.42 Å². The van der Waals surface area contributed by atoms with Gasteiger partial charge in [0.05, 0.1) is 0 Å². The van der Waals surface area contributed by atoms with Gasteiger partial charge in [0, 0.05) is 24.7 Å². The Bertz CT molecular complexity index is 564. The second-order valence-electron chi connectivity index (χ2n) is 5.59. The molecule has 0 saturated carbocycles. The first kappa shape index (κ1) is 18.2. The van der Waals surface area contributed by atoms with Crippen LogP contribution in [0.3, 0.4) is 0 Å². The van der Waals surface area contributed by atoms with Crippen LogP contribution in [0, 0.1) is 13.8 Å². The Hall–Kier alpha value is -0.890. The predicted molar refractivity (Wildman–Crippen MR) is 83.9 cm³/mol. The first-order valence-electron chi connectivity index (χ1n) is 7.15. The van der Waals surface area contributed by atoms with E-state index in [1.165, 1.54) is 0 Å². The van der Waals surface area contributed by atoms with Crippen molar-refractivity contribution in [2.75, 3.05) is 27.2 Å². The monoisotopic (exact) mass is 317 g/mol. The van der Waals surface area contributed by atoms with Crippen LogP contribution in [0.25, 0.3) is 0 Å². The number of sulfonamides is 1. The van der Waals surface area contributed by atoms with E-state index < -0.39 is 10.0 Å². The number of aryl methyl sites for hydroxylation is 2. The maximum absolute atomic E-state index is 12.6. The highest BCUT2D eigenvalue weighted by Crippen LogP contribution is 2.26. The summed E-state index contributed by atoms with van der Waals surface area (Å²) in [6.07, 6.45) is 0. The number of hydrogen-bond donors (Lipinski definition) is 2. The molecular weight excluding hydrogens is 290 g/mol. The standard InChI is InChI=1S/C14H27N3O3S/c1-7-15-8-13-11(3)20-12(4)14(13)21(18,19)16-10(2)9-17(5)6/h10,15-16H,7-9H2,1-6H3. The average Bonchev–Trinajstić information content (AvgIpc) is 2.59. The minimum Gasteiger partial charge on any atom is -0.465 e. The summed E-state index contributed by atoms with van der Waals surface area (Å²) >= 11 is 0. The molecule has 0 aromatic carbocycles. The van der Waals surface area contributed by atoms with Crippen molar-refractivity contribution in [3.63, 3.8) is 0 Å². The molecule has 1 heterocycles. The molecule has 0 aliphatic rings. The van der Waals surface area contributed by atoms with Crippen LogP contribution in [0.4, 0.5) is 0 Å². The van der Waals surface area contributed by atoms with Crippen LogP contribution in [0.2, 0.25) is 0 Å². The van der Waals surface area contributed by atoms with Crippen LogP contribution in [0.15, 0.2) is 9.31 Å². The average molecular weight is 317 g/mol. The molecule has 0 saturated heterocycles. The zero-order valence-corrected chi connectivity index (χ0v) is 14.6. The first-order valence-corrected chi connectivity index (χ1v) is 8.64. The third-order valence-corrected chi connectivity index (χ3v) is 4.92. The molecule has 2 N–H and O–H groups in total. The summed E-state index contributed by atoms with van der Waals surface area (Å²) in [5.41, 5.74) is 0.707. The number of nitrogens with one attached hydrogen (secondary N) is 2. The molecule has 7 heteroatoms. The fourth-order valence-electron chi connectivity index (χ4n) is 2.42. The predicted octanol–water partition coefficient (Wildman–Crippen LogP) is 1.23. The Morgan fingerprint density at radius 3 is 2.38 bits per heavy atom. The summed E-state index contributed by atoms with van der Waals surface area (Å²) in [6, 6.07) is -0.174. The number of likely N-dealkylation sites (N-methyl/N-ethyl adjacent to an activating group) is 1. The molecule has 122 valence electrons. The molecule has 6 nitrogen and oxygen atoms in total. The van der Waals surface area contributed by atoms with Crippen molar-refractivity contribution in [2.24, 2.45) is 0 Å². The van der Waals surface area contributed by atoms with Gasteiger partial charge in [0.1, 0.15) is 16.4 Å². The zero-order chi connectivity index (χ0) is 16.2. The van der Waals surface area contributed by atoms with Gasteiger partial charge >= 0.3 is 0 Å². The van der Waals surface area contributed by atoms with Gasteiger partial charge in [0.15, 0.2) is 0 Å². The summed E-state index contributed by atoms with van der Waals surface area (Å²) in [5.74, 6) is 1.08. The molecule has 1 aromatic rings. The molecule has 1 atom stereocenters. The van der Waals surface area contributed by atoms with Crippen molar-refractivity contribution in [1.29, 1.82) is 0 Å². The van der Waals surface area contributed by atoms with E-state index in [1.807, 2.05) is 32.8 Å². The van der Waals surface area contributed by atoms with E-state index in [-0.39, 0.29) is 10.9 Å². The maximum atomic E-state index is 12.6. The summed E-state index contributed by atoms with van der Waals surface area (Å²) < 4.78 is 33.5. The van der Waals surface area contributed by atoms with E-state index in [0.29, 0.717) is 30.2 Å². The Balaban J connectivity index is 3.07. The van der Waals surface area contributed by atoms with Gasteiger partial charge in [-0.15, -0.1) is 0 Å². The molecular formula is C14H27N3O3S. The Morgan fingerprint density at radius 1 is 1.24 bits per heavy atom. The quantitative estimate of drug-likeness (QED) is 0.754. The number of rotatable bonds is 8. The molecule has 0 aliphatic heterocycles. The Labute approximate surface area is 127 Å². The van der Waals surface area contributed by atoms with Gasteiger partial charge in [-0.3, -0.25) is 0 Å². The number of furan rings is 1. The summed E-state index contributed by atoms with van der Waals surface area (Å²) in [5, 5.41) is 3.16. The third-order valence-electron chi connectivity index (χ3n) is 3.14. The maximum Gasteiger partial charge on any atom is 0.244 e. The molecule has 0 amide bonds. The fourth-order valence-corrected chi connectivity index (χ4v) is 4.11. The van der Waals surface area contributed by atoms with E-state index in [1.54, 1.807) is 13.8 Å². The molecule has 0 fully saturated rings. The highest BCUT2D eigenvalue weighted by Gasteiger charge is 2.27. The highest BCUT2D eigenvalue weighted by atomic mass is 32.2. The lowest BCUT2D eigenvalue weighted by Gasteiger charge is -2.18. The summed E-state index contributed by atoms with van der Waals surface area (Å²) in [4.78, 5) is 2.21. The van der Waals surface area contributed by atoms with E-state index >= 15 is 0 Å². The largest absolute Gasteiger partial charge is 0.465 e. The van der Waals surface area contributed by atoms with Crippen molar-refractivity contribution in [1.82, 2.24) is 14.9 Å². The van der Waals surface area contributed by atoms with Crippen LogP contribution < -0.4 is 10.0 Å². The van der Waals surface area contributed by atoms with Crippen molar-refractivity contribution in [2.45, 2.75) is 45.2 Å². The van der Waals surface area contributed by atoms with E-state index in [4.69, 9.17) is 4.42 Å². The van der Waals surface area contributed by atoms with Crippen LogP contribution in [0.5, 0.6) is 0 Å². The van der Waals surface area contributed by atoms with E-state index in [2.05, 4.69) is 10.0 Å². The van der Waals surface area contributed by atoms with E-state index in [0.717, 1.165) is 6.54 Å². The van der Waals surface area contributed by atoms with Crippen molar-refractivity contribution in [3.05, 3.63) is 17.1 Å². The minimum absolute atomic E-state index is 0.174. The molecule has 0 aliphatic carbocycles. The van der Waals surface area contributed by atoms with Crippen molar-refractivity contribution in [3.8, 4) is 0 Å². The fraction of sp³-hybridized carbons (Fsp3) is 0.714. The van der Waals surface area contributed by atoms with Crippen LogP contribution in [-0.4, -0.2) is 46.5 Å². The number of nitrogens with zero attached hydrogens (tertiary/aromatic N) is 1. The van der Waals surface area contributed by atoms with Gasteiger partial charge < -0.3 is 14.6 Å². The molecule has 0 spiro atoms. The zero-order valence-electron chi connectivity index (χ0n) is 13.8. The molecule has 1 aromatic heterocycles. The lowest BCUT2D eigenvalue weighted by molar-refractivity contribution is 0.370. The highest BCUT2D eigenvalue weighted by molar-refractivity contribution is 7.89. The van der Waals surface area contributed by atoms with Gasteiger partial charge in [-0.2, -0.15) is 0 Å². The van der Waals surface area contributed by atoms with Crippen molar-refractivity contribution >= 4 is 10.0 Å². The van der Waals surface area contributed by atoms with Gasteiger partial charge in [0.25, 0.3) is 0 Å². The summed E-state index contributed by atoms with van der Waals surface area (Å²) in [7, 11) is 0.236. The lowest BCUT2D eigenvalue weighted by atomic mass is 10.2. The lowest BCUT2D eigenvalue weighted by Crippen LogP contribution is -2.40. The second kappa shape index (κ2) is 7.40. The second-order valence-corrected chi connectivity index (χ2v) is 7.24. The Morgan fingerprint density at radius 2 is 1.86 bits per heavy atom. The molecule has 21 heavy (non-hydrogen) atoms. The normalized spacial score (nSPS) is 13.9. The molecule has 1 rings (SSSR count). The first-order chi connectivity index (χ1) is 9.69. The van der Waals surface area contributed by atoms with Gasteiger partial charge in [-0.1, -0.05) is 6.92 Å². The number of hydrogen-bond acceptors (Lipinski definition) is 5. The smallest absolute Gasteiger partial charge is 0.244 e. The Kier molecular flexibility index (Phi) is 6.40. The summed E-state index contributed by atoms with van der Waals surface area (Å²) in [6.45, 7) is 9.20. The van der Waals surface area contributed by atoms with Crippen LogP contribution in [-0.2, 0) is 16.6 Å².